The first-order chi connectivity index (χ1) is 8.19. The summed E-state index contributed by atoms with van der Waals surface area (Å²) in [6.07, 6.45) is 3.47. The van der Waals surface area contributed by atoms with Gasteiger partial charge in [0.15, 0.2) is 5.82 Å². The van der Waals surface area contributed by atoms with Gasteiger partial charge in [-0.25, -0.2) is 9.97 Å². The lowest BCUT2D eigenvalue weighted by molar-refractivity contribution is 0.875. The zero-order valence-corrected chi connectivity index (χ0v) is 10.3. The number of hydrogen-bond donors (Lipinski definition) is 1. The second kappa shape index (κ2) is 5.10. The summed E-state index contributed by atoms with van der Waals surface area (Å²) in [4.78, 5) is 12.8. The van der Waals surface area contributed by atoms with Crippen molar-refractivity contribution in [2.24, 2.45) is 0 Å². The fraction of sp³-hybridized carbons (Fsp3) is 0.250. The molecule has 0 atom stereocenters. The lowest BCUT2D eigenvalue weighted by Gasteiger charge is -2.04. The van der Waals surface area contributed by atoms with Crippen molar-refractivity contribution in [2.75, 3.05) is 5.73 Å². The Morgan fingerprint density at radius 2 is 2.12 bits per heavy atom. The summed E-state index contributed by atoms with van der Waals surface area (Å²) in [6.45, 7) is 2.10. The zero-order chi connectivity index (χ0) is 12.3. The van der Waals surface area contributed by atoms with Crippen molar-refractivity contribution in [1.82, 2.24) is 15.0 Å². The Hall–Kier alpha value is -1.68. The molecule has 0 spiro atoms. The van der Waals surface area contributed by atoms with Crippen LogP contribution in [0.5, 0.6) is 0 Å². The molecule has 0 aliphatic heterocycles. The number of rotatable bonds is 3. The number of nitrogens with zero attached hydrogens (tertiary/aromatic N) is 3. The van der Waals surface area contributed by atoms with E-state index in [1.807, 2.05) is 0 Å². The molecule has 4 nitrogen and oxygen atoms in total. The van der Waals surface area contributed by atoms with Crippen LogP contribution in [0.15, 0.2) is 24.4 Å². The number of anilines is 1. The maximum Gasteiger partial charge on any atom is 0.180 e. The molecule has 0 fully saturated rings. The number of pyridine rings is 1. The van der Waals surface area contributed by atoms with Gasteiger partial charge in [0.25, 0.3) is 0 Å². The predicted molar refractivity (Wildman–Crippen MR) is 68.7 cm³/mol. The molecule has 2 heterocycles. The van der Waals surface area contributed by atoms with Gasteiger partial charge in [0.1, 0.15) is 11.5 Å². The molecular weight excluding hydrogens is 236 g/mol. The van der Waals surface area contributed by atoms with E-state index in [9.17, 15) is 0 Å². The molecule has 0 bridgehead atoms. The van der Waals surface area contributed by atoms with Gasteiger partial charge in [-0.05, 0) is 18.6 Å². The SMILES string of the molecule is CCCc1cc(N)nc(-c2ccc(Cl)cn2)n1. The average Bonchev–Trinajstić information content (AvgIpc) is 2.29. The minimum absolute atomic E-state index is 0.468. The van der Waals surface area contributed by atoms with Crippen LogP contribution < -0.4 is 5.73 Å². The van der Waals surface area contributed by atoms with Crippen molar-refractivity contribution < 1.29 is 0 Å². The molecule has 17 heavy (non-hydrogen) atoms. The van der Waals surface area contributed by atoms with Crippen LogP contribution in [0.4, 0.5) is 5.82 Å². The minimum atomic E-state index is 0.468. The minimum Gasteiger partial charge on any atom is -0.384 e. The number of nitrogens with two attached hydrogens (primary N) is 1. The van der Waals surface area contributed by atoms with E-state index in [2.05, 4.69) is 21.9 Å². The topological polar surface area (TPSA) is 64.7 Å². The second-order valence-electron chi connectivity index (χ2n) is 3.72. The number of nitrogen functional groups attached to an aromatic ring is 1. The summed E-state index contributed by atoms with van der Waals surface area (Å²) >= 11 is 5.78. The number of halogens is 1. The summed E-state index contributed by atoms with van der Waals surface area (Å²) in [5.41, 5.74) is 7.37. The molecule has 0 radical (unpaired) electrons. The van der Waals surface area contributed by atoms with Gasteiger partial charge >= 0.3 is 0 Å². The zero-order valence-electron chi connectivity index (χ0n) is 9.52. The first-order valence-electron chi connectivity index (χ1n) is 5.44. The van der Waals surface area contributed by atoms with Crippen LogP contribution in [0.1, 0.15) is 19.0 Å². The van der Waals surface area contributed by atoms with Crippen LogP contribution in [0.3, 0.4) is 0 Å². The maximum absolute atomic E-state index is 5.78. The summed E-state index contributed by atoms with van der Waals surface area (Å²) in [5, 5.41) is 0.589. The summed E-state index contributed by atoms with van der Waals surface area (Å²) in [6, 6.07) is 5.34. The van der Waals surface area contributed by atoms with Gasteiger partial charge in [0, 0.05) is 18.0 Å². The van der Waals surface area contributed by atoms with E-state index in [0.717, 1.165) is 18.5 Å². The largest absolute Gasteiger partial charge is 0.384 e. The first kappa shape index (κ1) is 11.8. The van der Waals surface area contributed by atoms with Crippen LogP contribution >= 0.6 is 11.6 Å². The van der Waals surface area contributed by atoms with E-state index in [1.54, 1.807) is 24.4 Å². The molecule has 0 unspecified atom stereocenters. The van der Waals surface area contributed by atoms with E-state index in [4.69, 9.17) is 17.3 Å². The van der Waals surface area contributed by atoms with Gasteiger partial charge in [-0.3, -0.25) is 4.98 Å². The Labute approximate surface area is 105 Å². The number of hydrogen-bond acceptors (Lipinski definition) is 4. The van der Waals surface area contributed by atoms with E-state index >= 15 is 0 Å². The van der Waals surface area contributed by atoms with Crippen LogP contribution in [0.2, 0.25) is 5.02 Å². The molecule has 88 valence electrons. The van der Waals surface area contributed by atoms with Crippen LogP contribution in [0.25, 0.3) is 11.5 Å². The van der Waals surface area contributed by atoms with Crippen molar-refractivity contribution in [3.8, 4) is 11.5 Å². The Bertz CT molecular complexity index is 510. The standard InChI is InChI=1S/C12H13ClN4/c1-2-3-9-6-11(14)17-12(16-9)10-5-4-8(13)7-15-10/h4-7H,2-3H2,1H3,(H2,14,16,17). The Morgan fingerprint density at radius 1 is 1.29 bits per heavy atom. The molecule has 0 saturated carbocycles. The molecule has 2 aromatic rings. The third kappa shape index (κ3) is 2.91. The molecule has 5 heteroatoms. The van der Waals surface area contributed by atoms with Gasteiger partial charge in [-0.1, -0.05) is 24.9 Å². The highest BCUT2D eigenvalue weighted by Crippen LogP contribution is 2.17. The Morgan fingerprint density at radius 3 is 2.76 bits per heavy atom. The van der Waals surface area contributed by atoms with Crippen LogP contribution in [-0.4, -0.2) is 15.0 Å². The smallest absolute Gasteiger partial charge is 0.180 e. The van der Waals surface area contributed by atoms with Crippen molar-refractivity contribution >= 4 is 17.4 Å². The van der Waals surface area contributed by atoms with E-state index in [1.165, 1.54) is 0 Å². The fourth-order valence-corrected chi connectivity index (χ4v) is 1.64. The fourth-order valence-electron chi connectivity index (χ4n) is 1.53. The third-order valence-electron chi connectivity index (χ3n) is 2.26. The highest BCUT2D eigenvalue weighted by Gasteiger charge is 2.06. The molecule has 0 aliphatic rings. The Balaban J connectivity index is 2.40. The molecule has 2 rings (SSSR count). The normalized spacial score (nSPS) is 10.5. The van der Waals surface area contributed by atoms with Gasteiger partial charge in [0.2, 0.25) is 0 Å². The molecular formula is C12H13ClN4. The van der Waals surface area contributed by atoms with E-state index in [0.29, 0.717) is 22.4 Å². The van der Waals surface area contributed by atoms with Crippen molar-refractivity contribution in [3.63, 3.8) is 0 Å². The van der Waals surface area contributed by atoms with Crippen molar-refractivity contribution in [2.45, 2.75) is 19.8 Å². The van der Waals surface area contributed by atoms with Crippen LogP contribution in [0, 0.1) is 0 Å². The van der Waals surface area contributed by atoms with Gasteiger partial charge in [-0.15, -0.1) is 0 Å². The lowest BCUT2D eigenvalue weighted by Crippen LogP contribution is -2.01. The highest BCUT2D eigenvalue weighted by atomic mass is 35.5. The third-order valence-corrected chi connectivity index (χ3v) is 2.49. The summed E-state index contributed by atoms with van der Waals surface area (Å²) in [7, 11) is 0. The van der Waals surface area contributed by atoms with Crippen LogP contribution in [-0.2, 0) is 6.42 Å². The van der Waals surface area contributed by atoms with Gasteiger partial charge in [-0.2, -0.15) is 0 Å². The highest BCUT2D eigenvalue weighted by molar-refractivity contribution is 6.30. The first-order valence-corrected chi connectivity index (χ1v) is 5.82. The maximum atomic E-state index is 5.78. The summed E-state index contributed by atoms with van der Waals surface area (Å²) < 4.78 is 0. The number of aromatic nitrogens is 3. The molecule has 0 aromatic carbocycles. The van der Waals surface area contributed by atoms with Crippen molar-refractivity contribution in [3.05, 3.63) is 35.1 Å². The molecule has 0 amide bonds. The van der Waals surface area contributed by atoms with E-state index < -0.39 is 0 Å². The molecule has 0 aliphatic carbocycles. The Kier molecular flexibility index (Phi) is 3.54. The monoisotopic (exact) mass is 248 g/mol. The predicted octanol–water partition coefficient (Wildman–Crippen LogP) is 2.73. The van der Waals surface area contributed by atoms with Crippen molar-refractivity contribution in [1.29, 1.82) is 0 Å². The van der Waals surface area contributed by atoms with E-state index in [-0.39, 0.29) is 0 Å². The molecule has 0 saturated heterocycles. The van der Waals surface area contributed by atoms with Gasteiger partial charge in [0.05, 0.1) is 5.02 Å². The lowest BCUT2D eigenvalue weighted by atomic mass is 10.2. The average molecular weight is 249 g/mol. The quantitative estimate of drug-likeness (QED) is 0.907. The second-order valence-corrected chi connectivity index (χ2v) is 4.16. The number of aryl methyl sites for hydroxylation is 1. The van der Waals surface area contributed by atoms with Gasteiger partial charge < -0.3 is 5.73 Å². The molecule has 2 aromatic heterocycles. The molecule has 2 N–H and O–H groups in total. The summed E-state index contributed by atoms with van der Waals surface area (Å²) in [5.74, 6) is 1.01.